The number of carbonyl (C=O) groups is 1. The monoisotopic (exact) mass is 388 g/mol. The third kappa shape index (κ3) is 4.15. The first-order valence-electron chi connectivity index (χ1n) is 8.24. The van der Waals surface area contributed by atoms with Crippen LogP contribution in [0.4, 0.5) is 0 Å². The van der Waals surface area contributed by atoms with Crippen LogP contribution in [0.3, 0.4) is 0 Å². The summed E-state index contributed by atoms with van der Waals surface area (Å²) in [6.45, 7) is 2.77. The molecule has 0 bridgehead atoms. The van der Waals surface area contributed by atoms with Gasteiger partial charge in [-0.05, 0) is 53.2 Å². The Morgan fingerprint density at radius 3 is 2.62 bits per heavy atom. The molecule has 1 unspecified atom stereocenters. The Balaban J connectivity index is 1.80. The van der Waals surface area contributed by atoms with E-state index in [1.54, 1.807) is 12.3 Å². The zero-order chi connectivity index (χ0) is 17.1. The molecule has 1 saturated carbocycles. The minimum Gasteiger partial charge on any atom is -0.334 e. The highest BCUT2D eigenvalue weighted by atomic mass is 79.9. The van der Waals surface area contributed by atoms with Gasteiger partial charge in [0.1, 0.15) is 6.54 Å². The first kappa shape index (κ1) is 17.0. The normalized spacial score (nSPS) is 15.1. The third-order valence-electron chi connectivity index (χ3n) is 4.56. The van der Waals surface area contributed by atoms with Gasteiger partial charge in [-0.1, -0.05) is 30.3 Å². The van der Waals surface area contributed by atoms with Gasteiger partial charge in [0, 0.05) is 29.3 Å². The number of amides is 1. The molecule has 126 valence electrons. The number of pyridine rings is 1. The van der Waals surface area contributed by atoms with Gasteiger partial charge in [-0.3, -0.25) is 9.59 Å². The van der Waals surface area contributed by atoms with Crippen LogP contribution >= 0.6 is 15.9 Å². The van der Waals surface area contributed by atoms with Crippen LogP contribution in [0.25, 0.3) is 0 Å². The van der Waals surface area contributed by atoms with Crippen LogP contribution in [0, 0.1) is 5.92 Å². The predicted molar refractivity (Wildman–Crippen MR) is 97.6 cm³/mol. The second-order valence-corrected chi connectivity index (χ2v) is 7.31. The smallest absolute Gasteiger partial charge is 0.251 e. The molecule has 1 aromatic heterocycles. The first-order valence-corrected chi connectivity index (χ1v) is 9.03. The van der Waals surface area contributed by atoms with Gasteiger partial charge < -0.3 is 9.47 Å². The standard InChI is InChI=1S/C19H21BrN2O2/c1-14(16-7-8-16)22(11-15-5-3-2-4-6-15)19(24)13-21-12-17(20)9-10-18(21)23/h2-6,9-10,12,14,16H,7-8,11,13H2,1H3. The molecular formula is C19H21BrN2O2. The van der Waals surface area contributed by atoms with E-state index in [0.717, 1.165) is 10.0 Å². The second kappa shape index (κ2) is 7.34. The molecule has 0 spiro atoms. The van der Waals surface area contributed by atoms with Crippen molar-refractivity contribution in [2.24, 2.45) is 5.92 Å². The van der Waals surface area contributed by atoms with E-state index in [2.05, 4.69) is 22.9 Å². The number of benzene rings is 1. The number of aromatic nitrogens is 1. The summed E-state index contributed by atoms with van der Waals surface area (Å²) in [6, 6.07) is 13.4. The Labute approximate surface area is 150 Å². The van der Waals surface area contributed by atoms with E-state index in [9.17, 15) is 9.59 Å². The minimum absolute atomic E-state index is 0.0153. The molecule has 1 heterocycles. The van der Waals surface area contributed by atoms with Crippen molar-refractivity contribution in [3.63, 3.8) is 0 Å². The Hall–Kier alpha value is -1.88. The van der Waals surface area contributed by atoms with Gasteiger partial charge in [0.2, 0.25) is 5.91 Å². The minimum atomic E-state index is -0.162. The summed E-state index contributed by atoms with van der Waals surface area (Å²) in [5.74, 6) is 0.565. The molecule has 1 aliphatic carbocycles. The van der Waals surface area contributed by atoms with Crippen molar-refractivity contribution in [1.29, 1.82) is 0 Å². The Kier molecular flexibility index (Phi) is 5.19. The number of carbonyl (C=O) groups excluding carboxylic acids is 1. The Bertz CT molecular complexity index is 768. The number of nitrogens with zero attached hydrogens (tertiary/aromatic N) is 2. The first-order chi connectivity index (χ1) is 11.5. The average Bonchev–Trinajstić information content (AvgIpc) is 3.41. The third-order valence-corrected chi connectivity index (χ3v) is 5.03. The fourth-order valence-electron chi connectivity index (χ4n) is 2.93. The van der Waals surface area contributed by atoms with E-state index in [1.807, 2.05) is 35.2 Å². The molecule has 1 atom stereocenters. The summed E-state index contributed by atoms with van der Waals surface area (Å²) >= 11 is 3.35. The molecular weight excluding hydrogens is 368 g/mol. The highest BCUT2D eigenvalue weighted by Crippen LogP contribution is 2.35. The van der Waals surface area contributed by atoms with Crippen LogP contribution < -0.4 is 5.56 Å². The number of hydrogen-bond donors (Lipinski definition) is 0. The number of hydrogen-bond acceptors (Lipinski definition) is 2. The van der Waals surface area contributed by atoms with Crippen molar-refractivity contribution in [1.82, 2.24) is 9.47 Å². The molecule has 1 amide bonds. The molecule has 1 aromatic carbocycles. The van der Waals surface area contributed by atoms with Crippen LogP contribution in [0.15, 0.2) is 57.9 Å². The van der Waals surface area contributed by atoms with Crippen LogP contribution in [0.2, 0.25) is 0 Å². The second-order valence-electron chi connectivity index (χ2n) is 6.40. The van der Waals surface area contributed by atoms with Gasteiger partial charge in [-0.15, -0.1) is 0 Å². The predicted octanol–water partition coefficient (Wildman–Crippen LogP) is 3.44. The maximum absolute atomic E-state index is 12.9. The van der Waals surface area contributed by atoms with E-state index < -0.39 is 0 Å². The van der Waals surface area contributed by atoms with E-state index in [4.69, 9.17) is 0 Å². The lowest BCUT2D eigenvalue weighted by atomic mass is 10.1. The summed E-state index contributed by atoms with van der Waals surface area (Å²) in [4.78, 5) is 26.8. The topological polar surface area (TPSA) is 42.3 Å². The lowest BCUT2D eigenvalue weighted by Crippen LogP contribution is -2.42. The quantitative estimate of drug-likeness (QED) is 0.760. The van der Waals surface area contributed by atoms with E-state index in [-0.39, 0.29) is 24.1 Å². The van der Waals surface area contributed by atoms with Gasteiger partial charge in [0.05, 0.1) is 0 Å². The molecule has 3 rings (SSSR count). The maximum Gasteiger partial charge on any atom is 0.251 e. The summed E-state index contributed by atoms with van der Waals surface area (Å²) in [6.07, 6.45) is 4.02. The summed E-state index contributed by atoms with van der Waals surface area (Å²) in [7, 11) is 0. The highest BCUT2D eigenvalue weighted by Gasteiger charge is 2.34. The molecule has 0 N–H and O–H groups in total. The van der Waals surface area contributed by atoms with Gasteiger partial charge in [-0.2, -0.15) is 0 Å². The van der Waals surface area contributed by atoms with Gasteiger partial charge in [-0.25, -0.2) is 0 Å². The largest absolute Gasteiger partial charge is 0.334 e. The molecule has 0 aliphatic heterocycles. The fourth-order valence-corrected chi connectivity index (χ4v) is 3.31. The van der Waals surface area contributed by atoms with Crippen LogP contribution in [0.5, 0.6) is 0 Å². The van der Waals surface area contributed by atoms with Crippen LogP contribution in [0.1, 0.15) is 25.3 Å². The molecule has 0 radical (unpaired) electrons. The molecule has 0 saturated heterocycles. The van der Waals surface area contributed by atoms with Crippen molar-refractivity contribution in [2.75, 3.05) is 0 Å². The molecule has 1 fully saturated rings. The Morgan fingerprint density at radius 1 is 1.25 bits per heavy atom. The van der Waals surface area contributed by atoms with E-state index in [0.29, 0.717) is 12.5 Å². The summed E-state index contributed by atoms with van der Waals surface area (Å²) < 4.78 is 2.25. The van der Waals surface area contributed by atoms with Crippen molar-refractivity contribution >= 4 is 21.8 Å². The van der Waals surface area contributed by atoms with E-state index >= 15 is 0 Å². The van der Waals surface area contributed by atoms with Crippen LogP contribution in [-0.4, -0.2) is 21.4 Å². The molecule has 2 aromatic rings. The molecule has 5 heteroatoms. The molecule has 1 aliphatic rings. The molecule has 24 heavy (non-hydrogen) atoms. The van der Waals surface area contributed by atoms with Crippen molar-refractivity contribution in [3.8, 4) is 0 Å². The number of rotatable bonds is 6. The van der Waals surface area contributed by atoms with E-state index in [1.165, 1.54) is 23.5 Å². The fraction of sp³-hybridized carbons (Fsp3) is 0.368. The van der Waals surface area contributed by atoms with Crippen molar-refractivity contribution < 1.29 is 4.79 Å². The molecule has 4 nitrogen and oxygen atoms in total. The van der Waals surface area contributed by atoms with Crippen molar-refractivity contribution in [3.05, 3.63) is 69.1 Å². The van der Waals surface area contributed by atoms with Crippen LogP contribution in [-0.2, 0) is 17.9 Å². The zero-order valence-corrected chi connectivity index (χ0v) is 15.3. The summed E-state index contributed by atoms with van der Waals surface area (Å²) in [5.41, 5.74) is 0.949. The van der Waals surface area contributed by atoms with Gasteiger partial charge >= 0.3 is 0 Å². The van der Waals surface area contributed by atoms with Gasteiger partial charge in [0.15, 0.2) is 0 Å². The Morgan fingerprint density at radius 2 is 1.96 bits per heavy atom. The summed E-state index contributed by atoms with van der Waals surface area (Å²) in [5, 5.41) is 0. The lowest BCUT2D eigenvalue weighted by Gasteiger charge is -2.30. The SMILES string of the molecule is CC(C1CC1)N(Cc1ccccc1)C(=O)Cn1cc(Br)ccc1=O. The van der Waals surface area contributed by atoms with Gasteiger partial charge in [0.25, 0.3) is 5.56 Å². The maximum atomic E-state index is 12.9. The van der Waals surface area contributed by atoms with Crippen molar-refractivity contribution in [2.45, 2.75) is 38.9 Å². The average molecular weight is 389 g/mol. The lowest BCUT2D eigenvalue weighted by molar-refractivity contribution is -0.135. The number of halogens is 1. The zero-order valence-electron chi connectivity index (χ0n) is 13.7. The highest BCUT2D eigenvalue weighted by molar-refractivity contribution is 9.10.